The van der Waals surface area contributed by atoms with E-state index in [0.29, 0.717) is 11.8 Å². The van der Waals surface area contributed by atoms with Crippen molar-refractivity contribution in [2.24, 2.45) is 18.9 Å². The van der Waals surface area contributed by atoms with E-state index in [9.17, 15) is 0 Å². The molecule has 0 aliphatic heterocycles. The van der Waals surface area contributed by atoms with E-state index in [1.54, 1.807) is 0 Å². The molecule has 0 aliphatic carbocycles. The summed E-state index contributed by atoms with van der Waals surface area (Å²) in [4.78, 5) is 0. The number of rotatable bonds is 4. The third-order valence-electron chi connectivity index (χ3n) is 2.66. The number of aryl methyl sites for hydroxylation is 1. The molecule has 0 fully saturated rings. The molecule has 0 N–H and O–H groups in total. The van der Waals surface area contributed by atoms with Crippen molar-refractivity contribution in [1.29, 1.82) is 0 Å². The summed E-state index contributed by atoms with van der Waals surface area (Å²) in [7, 11) is 1.94. The molecule has 0 aromatic carbocycles. The van der Waals surface area contributed by atoms with Crippen LogP contribution in [0.3, 0.4) is 0 Å². The lowest BCUT2D eigenvalue weighted by Crippen LogP contribution is -2.21. The molecule has 3 heteroatoms. The monoisotopic (exact) mass is 214 g/mol. The second-order valence-electron chi connectivity index (χ2n) is 4.27. The van der Waals surface area contributed by atoms with Gasteiger partial charge in [-0.05, 0) is 31.2 Å². The number of aromatic nitrogens is 2. The summed E-state index contributed by atoms with van der Waals surface area (Å²) in [6.45, 7) is 6.49. The van der Waals surface area contributed by atoms with Gasteiger partial charge in [0.25, 0.3) is 0 Å². The van der Waals surface area contributed by atoms with Crippen molar-refractivity contribution in [3.8, 4) is 0 Å². The van der Waals surface area contributed by atoms with Gasteiger partial charge in [-0.1, -0.05) is 13.8 Å². The Morgan fingerprint density at radius 3 is 2.43 bits per heavy atom. The molecule has 1 aromatic rings. The lowest BCUT2D eigenvalue weighted by atomic mass is 9.89. The van der Waals surface area contributed by atoms with Gasteiger partial charge in [-0.25, -0.2) is 0 Å². The number of halogens is 1. The average molecular weight is 215 g/mol. The molecule has 0 bridgehead atoms. The molecule has 0 saturated heterocycles. The summed E-state index contributed by atoms with van der Waals surface area (Å²) >= 11 is 6.16. The van der Waals surface area contributed by atoms with E-state index < -0.39 is 0 Å². The number of alkyl halides is 1. The summed E-state index contributed by atoms with van der Waals surface area (Å²) in [6, 6.07) is 2.06. The van der Waals surface area contributed by atoms with Crippen LogP contribution in [0.5, 0.6) is 0 Å². The van der Waals surface area contributed by atoms with Gasteiger partial charge < -0.3 is 0 Å². The Bertz CT molecular complexity index is 271. The van der Waals surface area contributed by atoms with E-state index in [1.165, 1.54) is 0 Å². The zero-order valence-corrected chi connectivity index (χ0v) is 10.1. The molecule has 14 heavy (non-hydrogen) atoms. The molecular formula is C11H19ClN2. The molecule has 1 rings (SSSR count). The van der Waals surface area contributed by atoms with Crippen molar-refractivity contribution in [2.45, 2.75) is 32.6 Å². The van der Waals surface area contributed by atoms with Crippen LogP contribution in [0.1, 0.15) is 26.5 Å². The van der Waals surface area contributed by atoms with Crippen molar-refractivity contribution >= 4 is 11.6 Å². The predicted molar refractivity (Wildman–Crippen MR) is 60.6 cm³/mol. The van der Waals surface area contributed by atoms with E-state index in [2.05, 4.69) is 31.9 Å². The van der Waals surface area contributed by atoms with Gasteiger partial charge >= 0.3 is 0 Å². The van der Waals surface area contributed by atoms with Gasteiger partial charge in [-0.2, -0.15) is 5.10 Å². The van der Waals surface area contributed by atoms with Crippen LogP contribution in [-0.2, 0) is 13.5 Å². The zero-order valence-electron chi connectivity index (χ0n) is 9.37. The maximum absolute atomic E-state index is 6.16. The number of hydrogen-bond donors (Lipinski definition) is 0. The minimum absolute atomic E-state index is 0.206. The lowest BCUT2D eigenvalue weighted by Gasteiger charge is -2.22. The predicted octanol–water partition coefficient (Wildman–Crippen LogP) is 2.86. The molecule has 1 aromatic heterocycles. The molecule has 2 unspecified atom stereocenters. The molecule has 0 radical (unpaired) electrons. The molecule has 80 valence electrons. The Kier molecular flexibility index (Phi) is 3.99. The first-order valence-corrected chi connectivity index (χ1v) is 5.57. The number of nitrogens with zero attached hydrogens (tertiary/aromatic N) is 2. The quantitative estimate of drug-likeness (QED) is 0.705. The van der Waals surface area contributed by atoms with Crippen LogP contribution in [0.25, 0.3) is 0 Å². The van der Waals surface area contributed by atoms with Crippen molar-refractivity contribution < 1.29 is 0 Å². The summed E-state index contributed by atoms with van der Waals surface area (Å²) < 4.78 is 1.84. The highest BCUT2D eigenvalue weighted by molar-refractivity contribution is 6.20. The van der Waals surface area contributed by atoms with E-state index >= 15 is 0 Å². The van der Waals surface area contributed by atoms with Crippen LogP contribution < -0.4 is 0 Å². The summed E-state index contributed by atoms with van der Waals surface area (Å²) in [5, 5.41) is 4.58. The van der Waals surface area contributed by atoms with Gasteiger partial charge in [-0.15, -0.1) is 11.6 Å². The van der Waals surface area contributed by atoms with Gasteiger partial charge in [0.2, 0.25) is 0 Å². The first-order chi connectivity index (χ1) is 6.50. The summed E-state index contributed by atoms with van der Waals surface area (Å²) in [5.41, 5.74) is 1.14. The molecule has 2 atom stereocenters. The Balaban J connectivity index is 2.64. The fourth-order valence-electron chi connectivity index (χ4n) is 1.74. The van der Waals surface area contributed by atoms with Gasteiger partial charge in [-0.3, -0.25) is 4.68 Å². The van der Waals surface area contributed by atoms with Crippen LogP contribution in [0.2, 0.25) is 0 Å². The lowest BCUT2D eigenvalue weighted by molar-refractivity contribution is 0.372. The average Bonchev–Trinajstić information content (AvgIpc) is 2.46. The first-order valence-electron chi connectivity index (χ1n) is 5.13. The van der Waals surface area contributed by atoms with Gasteiger partial charge in [0.05, 0.1) is 5.69 Å². The molecule has 1 heterocycles. The van der Waals surface area contributed by atoms with Crippen LogP contribution in [-0.4, -0.2) is 15.2 Å². The van der Waals surface area contributed by atoms with Crippen molar-refractivity contribution in [3.05, 3.63) is 18.0 Å². The van der Waals surface area contributed by atoms with Gasteiger partial charge in [0.15, 0.2) is 0 Å². The Hall–Kier alpha value is -0.500. The molecule has 0 spiro atoms. The van der Waals surface area contributed by atoms with Crippen molar-refractivity contribution in [1.82, 2.24) is 9.78 Å². The Morgan fingerprint density at radius 2 is 2.07 bits per heavy atom. The standard InChI is InChI=1S/C11H19ClN2/c1-8(2)11(9(3)12)7-10-5-6-14(4)13-10/h5-6,8-9,11H,7H2,1-4H3. The highest BCUT2D eigenvalue weighted by Crippen LogP contribution is 2.23. The molecule has 0 aliphatic rings. The first kappa shape index (κ1) is 11.6. The van der Waals surface area contributed by atoms with Crippen molar-refractivity contribution in [2.75, 3.05) is 0 Å². The maximum atomic E-state index is 6.16. The molecule has 0 amide bonds. The van der Waals surface area contributed by atoms with Gasteiger partial charge in [0.1, 0.15) is 0 Å². The summed E-state index contributed by atoms with van der Waals surface area (Å²) in [5.74, 6) is 1.11. The van der Waals surface area contributed by atoms with Crippen LogP contribution in [0.4, 0.5) is 0 Å². The van der Waals surface area contributed by atoms with E-state index in [-0.39, 0.29) is 5.38 Å². The van der Waals surface area contributed by atoms with E-state index in [0.717, 1.165) is 12.1 Å². The molecular weight excluding hydrogens is 196 g/mol. The highest BCUT2D eigenvalue weighted by Gasteiger charge is 2.20. The van der Waals surface area contributed by atoms with Crippen molar-refractivity contribution in [3.63, 3.8) is 0 Å². The molecule has 2 nitrogen and oxygen atoms in total. The third kappa shape index (κ3) is 3.02. The SMILES string of the molecule is CC(C)C(Cc1ccn(C)n1)C(C)Cl. The van der Waals surface area contributed by atoms with Gasteiger partial charge in [0, 0.05) is 18.6 Å². The summed E-state index contributed by atoms with van der Waals surface area (Å²) in [6.07, 6.45) is 2.95. The smallest absolute Gasteiger partial charge is 0.0627 e. The van der Waals surface area contributed by atoms with Crippen LogP contribution in [0, 0.1) is 11.8 Å². The van der Waals surface area contributed by atoms with E-state index in [4.69, 9.17) is 11.6 Å². The zero-order chi connectivity index (χ0) is 10.7. The van der Waals surface area contributed by atoms with E-state index in [1.807, 2.05) is 17.9 Å². The normalized spacial score (nSPS) is 15.9. The van der Waals surface area contributed by atoms with Crippen LogP contribution >= 0.6 is 11.6 Å². The highest BCUT2D eigenvalue weighted by atomic mass is 35.5. The maximum Gasteiger partial charge on any atom is 0.0627 e. The third-order valence-corrected chi connectivity index (χ3v) is 2.98. The largest absolute Gasteiger partial charge is 0.276 e. The fraction of sp³-hybridized carbons (Fsp3) is 0.727. The second-order valence-corrected chi connectivity index (χ2v) is 4.96. The molecule has 0 saturated carbocycles. The Morgan fingerprint density at radius 1 is 1.43 bits per heavy atom. The minimum atomic E-state index is 0.206. The topological polar surface area (TPSA) is 17.8 Å². The number of hydrogen-bond acceptors (Lipinski definition) is 1. The fourth-order valence-corrected chi connectivity index (χ4v) is 2.12. The van der Waals surface area contributed by atoms with Crippen LogP contribution in [0.15, 0.2) is 12.3 Å². The second kappa shape index (κ2) is 4.83. The minimum Gasteiger partial charge on any atom is -0.276 e. The Labute approximate surface area is 91.3 Å².